The van der Waals surface area contributed by atoms with Crippen LogP contribution in [-0.2, 0) is 0 Å². The third-order valence-corrected chi connectivity index (χ3v) is 3.83. The summed E-state index contributed by atoms with van der Waals surface area (Å²) in [6.07, 6.45) is 8.53. The predicted molar refractivity (Wildman–Crippen MR) is 73.2 cm³/mol. The summed E-state index contributed by atoms with van der Waals surface area (Å²) in [5.74, 6) is 0.920. The van der Waals surface area contributed by atoms with Crippen LogP contribution in [0.25, 0.3) is 0 Å². The lowest BCUT2D eigenvalue weighted by molar-refractivity contribution is 0.192. The van der Waals surface area contributed by atoms with E-state index in [4.69, 9.17) is 10.5 Å². The van der Waals surface area contributed by atoms with Crippen molar-refractivity contribution in [1.29, 1.82) is 0 Å². The molecule has 2 heterocycles. The molecular formula is C13H21N5O. The molecule has 0 aromatic carbocycles. The van der Waals surface area contributed by atoms with Gasteiger partial charge in [-0.2, -0.15) is 15.0 Å². The molecule has 0 amide bonds. The van der Waals surface area contributed by atoms with E-state index in [1.165, 1.54) is 32.1 Å². The van der Waals surface area contributed by atoms with Gasteiger partial charge in [-0.05, 0) is 44.9 Å². The fourth-order valence-corrected chi connectivity index (χ4v) is 2.80. The molecule has 1 aromatic rings. The first-order chi connectivity index (χ1) is 9.31. The van der Waals surface area contributed by atoms with Crippen molar-refractivity contribution in [3.63, 3.8) is 0 Å². The van der Waals surface area contributed by atoms with Crippen molar-refractivity contribution in [2.75, 3.05) is 23.7 Å². The van der Waals surface area contributed by atoms with Crippen molar-refractivity contribution in [2.24, 2.45) is 0 Å². The van der Waals surface area contributed by atoms with Crippen molar-refractivity contribution < 1.29 is 4.74 Å². The Kier molecular flexibility index (Phi) is 3.66. The first-order valence-corrected chi connectivity index (χ1v) is 7.24. The summed E-state index contributed by atoms with van der Waals surface area (Å²) in [5.41, 5.74) is 5.77. The molecule has 2 N–H and O–H groups in total. The predicted octanol–water partition coefficient (Wildman–Crippen LogP) is 1.77. The van der Waals surface area contributed by atoms with Crippen molar-refractivity contribution >= 4 is 11.9 Å². The zero-order valence-corrected chi connectivity index (χ0v) is 11.2. The van der Waals surface area contributed by atoms with Crippen molar-refractivity contribution in [2.45, 2.75) is 51.0 Å². The molecule has 1 aliphatic carbocycles. The van der Waals surface area contributed by atoms with Gasteiger partial charge in [-0.15, -0.1) is 0 Å². The molecule has 0 unspecified atom stereocenters. The summed E-state index contributed by atoms with van der Waals surface area (Å²) in [6.45, 7) is 1.98. The van der Waals surface area contributed by atoms with Gasteiger partial charge in [0.05, 0.1) is 0 Å². The van der Waals surface area contributed by atoms with Crippen LogP contribution in [0, 0.1) is 0 Å². The summed E-state index contributed by atoms with van der Waals surface area (Å²) in [7, 11) is 0. The molecule has 2 fully saturated rings. The summed E-state index contributed by atoms with van der Waals surface area (Å²) in [5, 5.41) is 0. The Morgan fingerprint density at radius 3 is 2.42 bits per heavy atom. The molecule has 1 aliphatic heterocycles. The maximum atomic E-state index is 5.82. The first kappa shape index (κ1) is 12.4. The number of aromatic nitrogens is 3. The number of anilines is 2. The molecule has 0 atom stereocenters. The van der Waals surface area contributed by atoms with Crippen LogP contribution in [0.2, 0.25) is 0 Å². The Labute approximate surface area is 113 Å². The van der Waals surface area contributed by atoms with E-state index in [9.17, 15) is 0 Å². The summed E-state index contributed by atoms with van der Waals surface area (Å²) >= 11 is 0. The van der Waals surface area contributed by atoms with E-state index < -0.39 is 0 Å². The smallest absolute Gasteiger partial charge is 0.323 e. The Morgan fingerprint density at radius 1 is 0.947 bits per heavy atom. The standard InChI is InChI=1S/C13H21N5O/c14-11-15-12(18-8-4-1-5-9-18)17-13(16-11)19-10-6-2-3-7-10/h10H,1-9H2,(H2,14,15,16,17). The van der Waals surface area contributed by atoms with Gasteiger partial charge in [0.1, 0.15) is 6.10 Å². The fraction of sp³-hybridized carbons (Fsp3) is 0.769. The van der Waals surface area contributed by atoms with Gasteiger partial charge >= 0.3 is 6.01 Å². The quantitative estimate of drug-likeness (QED) is 0.895. The first-order valence-electron chi connectivity index (χ1n) is 7.24. The van der Waals surface area contributed by atoms with Gasteiger partial charge in [0, 0.05) is 13.1 Å². The molecule has 19 heavy (non-hydrogen) atoms. The van der Waals surface area contributed by atoms with Gasteiger partial charge in [0.25, 0.3) is 0 Å². The third-order valence-electron chi connectivity index (χ3n) is 3.83. The van der Waals surface area contributed by atoms with Gasteiger partial charge in [0.2, 0.25) is 11.9 Å². The minimum Gasteiger partial charge on any atom is -0.460 e. The topological polar surface area (TPSA) is 77.2 Å². The molecule has 1 saturated heterocycles. The van der Waals surface area contributed by atoms with Crippen molar-refractivity contribution in [1.82, 2.24) is 15.0 Å². The van der Waals surface area contributed by atoms with Crippen LogP contribution < -0.4 is 15.4 Å². The summed E-state index contributed by atoms with van der Waals surface area (Å²) in [6, 6.07) is 0.389. The van der Waals surface area contributed by atoms with Gasteiger partial charge in [0.15, 0.2) is 0 Å². The average molecular weight is 263 g/mol. The number of hydrogen-bond acceptors (Lipinski definition) is 6. The molecule has 6 nitrogen and oxygen atoms in total. The molecule has 0 spiro atoms. The van der Waals surface area contributed by atoms with E-state index in [1.807, 2.05) is 0 Å². The van der Waals surface area contributed by atoms with E-state index in [0.717, 1.165) is 25.9 Å². The number of ether oxygens (including phenoxy) is 1. The SMILES string of the molecule is Nc1nc(OC2CCCC2)nc(N2CCCCC2)n1. The van der Waals surface area contributed by atoms with Crippen molar-refractivity contribution in [3.8, 4) is 6.01 Å². The Bertz CT molecular complexity index is 427. The van der Waals surface area contributed by atoms with Crippen LogP contribution in [0.1, 0.15) is 44.9 Å². The van der Waals surface area contributed by atoms with Gasteiger partial charge in [-0.1, -0.05) is 0 Å². The highest BCUT2D eigenvalue weighted by Gasteiger charge is 2.20. The number of nitrogen functional groups attached to an aromatic ring is 1. The van der Waals surface area contributed by atoms with Crippen LogP contribution in [0.4, 0.5) is 11.9 Å². The fourth-order valence-electron chi connectivity index (χ4n) is 2.80. The monoisotopic (exact) mass is 263 g/mol. The highest BCUT2D eigenvalue weighted by Crippen LogP contribution is 2.24. The van der Waals surface area contributed by atoms with Crippen LogP contribution in [0.5, 0.6) is 6.01 Å². The number of rotatable bonds is 3. The minimum absolute atomic E-state index is 0.246. The number of nitrogens with zero attached hydrogens (tertiary/aromatic N) is 4. The highest BCUT2D eigenvalue weighted by molar-refractivity contribution is 5.36. The molecule has 104 valence electrons. The number of piperidine rings is 1. The molecule has 6 heteroatoms. The van der Waals surface area contributed by atoms with Crippen LogP contribution >= 0.6 is 0 Å². The molecule has 1 aromatic heterocycles. The van der Waals surface area contributed by atoms with E-state index in [-0.39, 0.29) is 12.1 Å². The van der Waals surface area contributed by atoms with Gasteiger partial charge < -0.3 is 15.4 Å². The van der Waals surface area contributed by atoms with E-state index in [1.54, 1.807) is 0 Å². The Hall–Kier alpha value is -1.59. The largest absolute Gasteiger partial charge is 0.460 e. The zero-order valence-electron chi connectivity index (χ0n) is 11.2. The second kappa shape index (κ2) is 5.59. The Balaban J connectivity index is 1.74. The maximum absolute atomic E-state index is 5.82. The average Bonchev–Trinajstić information content (AvgIpc) is 2.92. The Morgan fingerprint density at radius 2 is 1.68 bits per heavy atom. The second-order valence-corrected chi connectivity index (χ2v) is 5.35. The van der Waals surface area contributed by atoms with Gasteiger partial charge in [-0.3, -0.25) is 0 Å². The van der Waals surface area contributed by atoms with E-state index in [2.05, 4.69) is 19.9 Å². The second-order valence-electron chi connectivity index (χ2n) is 5.35. The lowest BCUT2D eigenvalue weighted by atomic mass is 10.1. The lowest BCUT2D eigenvalue weighted by Crippen LogP contribution is -2.31. The van der Waals surface area contributed by atoms with E-state index in [0.29, 0.717) is 12.0 Å². The van der Waals surface area contributed by atoms with Crippen LogP contribution in [0.3, 0.4) is 0 Å². The maximum Gasteiger partial charge on any atom is 0.323 e. The molecule has 2 aliphatic rings. The normalized spacial score (nSPS) is 20.7. The van der Waals surface area contributed by atoms with Crippen LogP contribution in [0.15, 0.2) is 0 Å². The molecule has 0 radical (unpaired) electrons. The molecule has 0 bridgehead atoms. The molecule has 1 saturated carbocycles. The minimum atomic E-state index is 0.246. The van der Waals surface area contributed by atoms with E-state index >= 15 is 0 Å². The summed E-state index contributed by atoms with van der Waals surface area (Å²) in [4.78, 5) is 14.9. The molecular weight excluding hydrogens is 242 g/mol. The summed E-state index contributed by atoms with van der Waals surface area (Å²) < 4.78 is 5.82. The lowest BCUT2D eigenvalue weighted by Gasteiger charge is -2.26. The van der Waals surface area contributed by atoms with Crippen molar-refractivity contribution in [3.05, 3.63) is 0 Å². The zero-order chi connectivity index (χ0) is 13.1. The van der Waals surface area contributed by atoms with Gasteiger partial charge in [-0.25, -0.2) is 0 Å². The number of hydrogen-bond donors (Lipinski definition) is 1. The van der Waals surface area contributed by atoms with Crippen LogP contribution in [-0.4, -0.2) is 34.1 Å². The highest BCUT2D eigenvalue weighted by atomic mass is 16.5. The number of nitrogens with two attached hydrogens (primary N) is 1. The molecule has 3 rings (SSSR count). The third kappa shape index (κ3) is 3.05.